The van der Waals surface area contributed by atoms with Gasteiger partial charge in [-0.15, -0.1) is 0 Å². The molecule has 4 aromatic carbocycles. The molecule has 0 amide bonds. The Morgan fingerprint density at radius 3 is 1.00 bits per heavy atom. The van der Waals surface area contributed by atoms with Crippen LogP contribution in [0, 0.1) is 0 Å². The summed E-state index contributed by atoms with van der Waals surface area (Å²) in [6.45, 7) is 4.26. The van der Waals surface area contributed by atoms with Crippen LogP contribution < -0.4 is 26.8 Å². The van der Waals surface area contributed by atoms with Crippen LogP contribution in [0.1, 0.15) is 0 Å². The van der Waals surface area contributed by atoms with E-state index in [1.54, 1.807) is 4.90 Å². The molecule has 4 aromatic rings. The van der Waals surface area contributed by atoms with Gasteiger partial charge in [-0.05, 0) is 0 Å². The number of ether oxygens (including phenoxy) is 1. The highest BCUT2D eigenvalue weighted by Gasteiger charge is 2.30. The number of morpholine rings is 1. The molecule has 1 N–H and O–H groups in total. The lowest BCUT2D eigenvalue weighted by Crippen LogP contribution is -3.11. The van der Waals surface area contributed by atoms with Crippen LogP contribution in [0.3, 0.4) is 0 Å². The quantitative estimate of drug-likeness (QED) is 0.495. The fourth-order valence-electron chi connectivity index (χ4n) is 4.84. The van der Waals surface area contributed by atoms with E-state index in [2.05, 4.69) is 128 Å². The van der Waals surface area contributed by atoms with E-state index >= 15 is 0 Å². The van der Waals surface area contributed by atoms with Gasteiger partial charge in [0, 0.05) is 0 Å². The molecule has 3 heteroatoms. The first-order chi connectivity index (χ1) is 15.8. The maximum atomic E-state index is 5.12. The van der Waals surface area contributed by atoms with Crippen molar-refractivity contribution >= 4 is 28.0 Å². The molecule has 1 saturated heterocycles. The lowest BCUT2D eigenvalue weighted by atomic mass is 9.13. The third kappa shape index (κ3) is 4.85. The summed E-state index contributed by atoms with van der Waals surface area (Å²) in [5.41, 5.74) is 5.36. The Morgan fingerprint density at radius 2 is 0.781 bits per heavy atom. The third-order valence-electron chi connectivity index (χ3n) is 6.54. The molecule has 0 radical (unpaired) electrons. The zero-order chi connectivity index (χ0) is 22.1. The largest absolute Gasteiger partial charge is 0.370 e. The van der Waals surface area contributed by atoms with Crippen molar-refractivity contribution in [2.24, 2.45) is 0 Å². The molecule has 0 aliphatic carbocycles. The average Bonchev–Trinajstić information content (AvgIpc) is 2.88. The highest BCUT2D eigenvalue weighted by molar-refractivity contribution is 7.19. The van der Waals surface area contributed by atoms with Crippen molar-refractivity contribution in [3.8, 4) is 0 Å². The predicted octanol–water partition coefficient (Wildman–Crippen LogP) is 1.60. The zero-order valence-electron chi connectivity index (χ0n) is 18.9. The Hall–Kier alpha value is -3.14. The summed E-state index contributed by atoms with van der Waals surface area (Å²) >= 11 is 0. The van der Waals surface area contributed by atoms with E-state index in [1.165, 1.54) is 34.9 Å². The normalized spacial score (nSPS) is 14.3. The van der Waals surface area contributed by atoms with Gasteiger partial charge >= 0.3 is 0 Å². The maximum Gasteiger partial charge on any atom is 0.108 e. The van der Waals surface area contributed by atoms with Crippen molar-refractivity contribution in [1.82, 2.24) is 0 Å². The topological polar surface area (TPSA) is 13.7 Å². The summed E-state index contributed by atoms with van der Waals surface area (Å²) in [6.07, 6.45) is -1.22. The molecule has 0 saturated carbocycles. The van der Waals surface area contributed by atoms with Gasteiger partial charge in [0.1, 0.15) is 19.2 Å². The highest BCUT2D eigenvalue weighted by Crippen LogP contribution is 2.09. The van der Waals surface area contributed by atoms with Crippen molar-refractivity contribution in [2.75, 3.05) is 33.4 Å². The number of likely N-dealkylation sites (N-methyl/N-ethyl adjacent to an activating group) is 1. The van der Waals surface area contributed by atoms with Crippen LogP contribution in [0.5, 0.6) is 0 Å². The number of rotatable bonds is 4. The molecule has 0 atom stereocenters. The minimum atomic E-state index is -1.22. The van der Waals surface area contributed by atoms with Gasteiger partial charge in [-0.25, -0.2) is 0 Å². The first-order valence-corrected chi connectivity index (χ1v) is 11.6. The number of nitrogens with one attached hydrogen (secondary N) is 1. The summed E-state index contributed by atoms with van der Waals surface area (Å²) < 4.78 is 5.12. The van der Waals surface area contributed by atoms with E-state index in [4.69, 9.17) is 4.74 Å². The van der Waals surface area contributed by atoms with Crippen LogP contribution >= 0.6 is 0 Å². The Kier molecular flexibility index (Phi) is 7.55. The van der Waals surface area contributed by atoms with Gasteiger partial charge in [-0.3, -0.25) is 0 Å². The van der Waals surface area contributed by atoms with E-state index in [-0.39, 0.29) is 0 Å². The Morgan fingerprint density at radius 1 is 0.500 bits per heavy atom. The predicted molar refractivity (Wildman–Crippen MR) is 137 cm³/mol. The molecule has 32 heavy (non-hydrogen) atoms. The van der Waals surface area contributed by atoms with Gasteiger partial charge in [-0.2, -0.15) is 21.9 Å². The van der Waals surface area contributed by atoms with E-state index in [0.29, 0.717) is 0 Å². The van der Waals surface area contributed by atoms with Crippen LogP contribution in [0.25, 0.3) is 0 Å². The lowest BCUT2D eigenvalue weighted by molar-refractivity contribution is -0.888. The molecule has 0 unspecified atom stereocenters. The van der Waals surface area contributed by atoms with Crippen molar-refractivity contribution < 1.29 is 9.64 Å². The number of quaternary nitrogens is 1. The highest BCUT2D eigenvalue weighted by atomic mass is 16.5. The van der Waals surface area contributed by atoms with Gasteiger partial charge in [0.2, 0.25) is 0 Å². The van der Waals surface area contributed by atoms with E-state index in [9.17, 15) is 0 Å². The van der Waals surface area contributed by atoms with Crippen molar-refractivity contribution in [2.45, 2.75) is 0 Å². The monoisotopic (exact) mass is 421 g/mol. The Bertz CT molecular complexity index is 886. The van der Waals surface area contributed by atoms with Gasteiger partial charge in [0.25, 0.3) is 0 Å². The molecule has 1 heterocycles. The second-order valence-corrected chi connectivity index (χ2v) is 8.58. The van der Waals surface area contributed by atoms with Crippen LogP contribution in [-0.4, -0.2) is 39.5 Å². The fourth-order valence-corrected chi connectivity index (χ4v) is 4.84. The van der Waals surface area contributed by atoms with Crippen molar-refractivity contribution in [3.63, 3.8) is 0 Å². The molecule has 1 fully saturated rings. The summed E-state index contributed by atoms with van der Waals surface area (Å²) in [7, 11) is 2.20. The number of benzene rings is 4. The van der Waals surface area contributed by atoms with Crippen LogP contribution in [-0.2, 0) is 4.74 Å². The second kappa shape index (κ2) is 10.9. The molecular formula is C29H32BNO. The van der Waals surface area contributed by atoms with Crippen molar-refractivity contribution in [1.29, 1.82) is 0 Å². The summed E-state index contributed by atoms with van der Waals surface area (Å²) in [6, 6.07) is 43.5. The molecule has 5 rings (SSSR count). The molecule has 2 nitrogen and oxygen atoms in total. The van der Waals surface area contributed by atoms with Crippen LogP contribution in [0.4, 0.5) is 0 Å². The van der Waals surface area contributed by atoms with Crippen molar-refractivity contribution in [3.05, 3.63) is 121 Å². The molecule has 1 aliphatic rings. The van der Waals surface area contributed by atoms with E-state index in [1.807, 2.05) is 0 Å². The Labute approximate surface area is 192 Å². The summed E-state index contributed by atoms with van der Waals surface area (Å²) in [5, 5.41) is 0. The van der Waals surface area contributed by atoms with Gasteiger partial charge in [0.05, 0.1) is 20.3 Å². The Balaban J connectivity index is 0.000000300. The molecule has 0 spiro atoms. The molecule has 0 aromatic heterocycles. The number of hydrogen-bond acceptors (Lipinski definition) is 1. The second-order valence-electron chi connectivity index (χ2n) is 8.58. The lowest BCUT2D eigenvalue weighted by Gasteiger charge is -2.44. The third-order valence-corrected chi connectivity index (χ3v) is 6.54. The van der Waals surface area contributed by atoms with Crippen LogP contribution in [0.15, 0.2) is 121 Å². The van der Waals surface area contributed by atoms with E-state index < -0.39 is 6.15 Å². The minimum absolute atomic E-state index is 0.950. The van der Waals surface area contributed by atoms with E-state index in [0.717, 1.165) is 13.2 Å². The average molecular weight is 421 g/mol. The molecule has 162 valence electrons. The minimum Gasteiger partial charge on any atom is -0.370 e. The summed E-state index contributed by atoms with van der Waals surface area (Å²) in [4.78, 5) is 1.59. The first kappa shape index (κ1) is 22.1. The fraction of sp³-hybridized carbons (Fsp3) is 0.172. The SMILES string of the molecule is C[NH+]1CCOCC1.c1ccc([B-](c2ccccc2)(c2ccccc2)c2ccccc2)cc1. The number of hydrogen-bond donors (Lipinski definition) is 1. The smallest absolute Gasteiger partial charge is 0.108 e. The molecule has 0 bridgehead atoms. The molecule has 1 aliphatic heterocycles. The van der Waals surface area contributed by atoms with Gasteiger partial charge < -0.3 is 9.64 Å². The molecular weight excluding hydrogens is 389 g/mol. The van der Waals surface area contributed by atoms with Crippen LogP contribution in [0.2, 0.25) is 0 Å². The zero-order valence-corrected chi connectivity index (χ0v) is 18.9. The summed E-state index contributed by atoms with van der Waals surface area (Å²) in [5.74, 6) is 0. The van der Waals surface area contributed by atoms with Gasteiger partial charge in [-0.1, -0.05) is 121 Å². The first-order valence-electron chi connectivity index (χ1n) is 11.6. The van der Waals surface area contributed by atoms with Gasteiger partial charge in [0.15, 0.2) is 0 Å². The maximum absolute atomic E-state index is 5.12. The standard InChI is InChI=1S/C24H20B.C5H11NO/c1-5-13-21(14-6-1)25(22-15-7-2-8-16-22,23-17-9-3-10-18-23)24-19-11-4-12-20-24;1-6-2-4-7-5-3-6/h1-20H;2-5H2,1H3/q-1;/p+1.